The summed E-state index contributed by atoms with van der Waals surface area (Å²) in [6.45, 7) is 0. The van der Waals surface area contributed by atoms with Gasteiger partial charge in [0.25, 0.3) is 0 Å². The normalized spacial score (nSPS) is 10.2. The largest absolute Gasteiger partial charge is 0.298 e. The van der Waals surface area contributed by atoms with Crippen LogP contribution in [0, 0.1) is 0 Å². The van der Waals surface area contributed by atoms with Gasteiger partial charge in [-0.3, -0.25) is 9.78 Å². The van der Waals surface area contributed by atoms with Crippen molar-refractivity contribution in [3.8, 4) is 0 Å². The molecule has 2 aromatic rings. The van der Waals surface area contributed by atoms with Gasteiger partial charge < -0.3 is 0 Å². The van der Waals surface area contributed by atoms with Crippen LogP contribution in [0.2, 0.25) is 0 Å². The first-order chi connectivity index (χ1) is 6.31. The number of halogens is 1. The second-order valence-electron chi connectivity index (χ2n) is 2.71. The monoisotopic (exact) mass is 235 g/mol. The molecule has 1 aromatic heterocycles. The summed E-state index contributed by atoms with van der Waals surface area (Å²) < 4.78 is 0.967. The molecule has 13 heavy (non-hydrogen) atoms. The first kappa shape index (κ1) is 8.38. The number of pyridine rings is 1. The van der Waals surface area contributed by atoms with Crippen molar-refractivity contribution < 1.29 is 4.79 Å². The van der Waals surface area contributed by atoms with E-state index >= 15 is 0 Å². The van der Waals surface area contributed by atoms with E-state index in [1.165, 1.54) is 0 Å². The molecule has 64 valence electrons. The van der Waals surface area contributed by atoms with E-state index in [1.807, 2.05) is 18.2 Å². The molecule has 0 aliphatic rings. The van der Waals surface area contributed by atoms with Crippen molar-refractivity contribution in [2.45, 2.75) is 0 Å². The topological polar surface area (TPSA) is 30.0 Å². The van der Waals surface area contributed by atoms with Crippen LogP contribution in [0.15, 0.2) is 35.1 Å². The van der Waals surface area contributed by atoms with E-state index in [9.17, 15) is 4.79 Å². The lowest BCUT2D eigenvalue weighted by molar-refractivity contribution is 0.112. The van der Waals surface area contributed by atoms with Crippen molar-refractivity contribution in [1.29, 1.82) is 0 Å². The number of nitrogens with zero attached hydrogens (tertiary/aromatic N) is 1. The third-order valence-corrected chi connectivity index (χ3v) is 2.37. The van der Waals surface area contributed by atoms with Gasteiger partial charge in [-0.15, -0.1) is 0 Å². The Hall–Kier alpha value is -1.22. The number of aldehydes is 1. The maximum Gasteiger partial charge on any atom is 0.152 e. The fourth-order valence-corrected chi connectivity index (χ4v) is 1.61. The SMILES string of the molecule is O=Cc1cncc2ccc(Br)cc12. The van der Waals surface area contributed by atoms with Crippen LogP contribution in [0.25, 0.3) is 10.8 Å². The van der Waals surface area contributed by atoms with Crippen molar-refractivity contribution in [3.63, 3.8) is 0 Å². The van der Waals surface area contributed by atoms with Crippen molar-refractivity contribution in [2.24, 2.45) is 0 Å². The maximum atomic E-state index is 10.7. The smallest absolute Gasteiger partial charge is 0.152 e. The molecule has 0 aliphatic carbocycles. The average molecular weight is 236 g/mol. The van der Waals surface area contributed by atoms with Crippen LogP contribution in [-0.4, -0.2) is 11.3 Å². The van der Waals surface area contributed by atoms with Crippen molar-refractivity contribution in [3.05, 3.63) is 40.6 Å². The lowest BCUT2D eigenvalue weighted by atomic mass is 10.1. The number of carbonyl (C=O) groups is 1. The van der Waals surface area contributed by atoms with E-state index in [4.69, 9.17) is 0 Å². The van der Waals surface area contributed by atoms with Gasteiger partial charge in [0.05, 0.1) is 0 Å². The summed E-state index contributed by atoms with van der Waals surface area (Å²) in [5.41, 5.74) is 0.624. The molecule has 0 radical (unpaired) electrons. The zero-order chi connectivity index (χ0) is 9.26. The Morgan fingerprint density at radius 3 is 2.92 bits per heavy atom. The number of benzene rings is 1. The molecule has 0 saturated heterocycles. The lowest BCUT2D eigenvalue weighted by Crippen LogP contribution is -1.85. The van der Waals surface area contributed by atoms with Crippen LogP contribution >= 0.6 is 15.9 Å². The molecule has 0 spiro atoms. The molecule has 2 rings (SSSR count). The standard InChI is InChI=1S/C10H6BrNO/c11-9-2-1-7-4-12-5-8(6-13)10(7)3-9/h1-6H. The molecular weight excluding hydrogens is 230 g/mol. The molecule has 0 unspecified atom stereocenters. The predicted octanol–water partition coefficient (Wildman–Crippen LogP) is 2.81. The Balaban J connectivity index is 2.86. The number of fused-ring (bicyclic) bond motifs is 1. The van der Waals surface area contributed by atoms with Crippen molar-refractivity contribution in [1.82, 2.24) is 4.98 Å². The molecule has 0 saturated carbocycles. The van der Waals surface area contributed by atoms with Crippen LogP contribution in [0.1, 0.15) is 10.4 Å². The highest BCUT2D eigenvalue weighted by Gasteiger charge is 2.00. The fraction of sp³-hybridized carbons (Fsp3) is 0. The Morgan fingerprint density at radius 2 is 2.15 bits per heavy atom. The third kappa shape index (κ3) is 1.47. The number of hydrogen-bond donors (Lipinski definition) is 0. The quantitative estimate of drug-likeness (QED) is 0.712. The van der Waals surface area contributed by atoms with Crippen LogP contribution in [0.5, 0.6) is 0 Å². The fourth-order valence-electron chi connectivity index (χ4n) is 1.25. The summed E-state index contributed by atoms with van der Waals surface area (Å²) in [5.74, 6) is 0. The summed E-state index contributed by atoms with van der Waals surface area (Å²) in [7, 11) is 0. The highest BCUT2D eigenvalue weighted by molar-refractivity contribution is 9.10. The molecule has 3 heteroatoms. The van der Waals surface area contributed by atoms with Gasteiger partial charge in [-0.05, 0) is 17.5 Å². The van der Waals surface area contributed by atoms with Gasteiger partial charge >= 0.3 is 0 Å². The van der Waals surface area contributed by atoms with Crippen LogP contribution in [0.3, 0.4) is 0 Å². The van der Waals surface area contributed by atoms with Crippen LogP contribution in [-0.2, 0) is 0 Å². The second-order valence-corrected chi connectivity index (χ2v) is 3.63. The molecule has 0 aliphatic heterocycles. The van der Waals surface area contributed by atoms with E-state index in [2.05, 4.69) is 20.9 Å². The molecule has 0 N–H and O–H groups in total. The Morgan fingerprint density at radius 1 is 1.31 bits per heavy atom. The molecule has 0 fully saturated rings. The van der Waals surface area contributed by atoms with Gasteiger partial charge in [-0.1, -0.05) is 22.0 Å². The zero-order valence-corrected chi connectivity index (χ0v) is 8.28. The van der Waals surface area contributed by atoms with Crippen LogP contribution in [0.4, 0.5) is 0 Å². The first-order valence-corrected chi connectivity index (χ1v) is 4.59. The van der Waals surface area contributed by atoms with Crippen LogP contribution < -0.4 is 0 Å². The molecule has 1 aromatic carbocycles. The Kier molecular flexibility index (Phi) is 2.10. The minimum atomic E-state index is 0.624. The minimum Gasteiger partial charge on any atom is -0.298 e. The maximum absolute atomic E-state index is 10.7. The second kappa shape index (κ2) is 3.26. The first-order valence-electron chi connectivity index (χ1n) is 3.80. The molecule has 1 heterocycles. The minimum absolute atomic E-state index is 0.624. The number of aromatic nitrogens is 1. The number of hydrogen-bond acceptors (Lipinski definition) is 2. The van der Waals surface area contributed by atoms with Gasteiger partial charge in [0.2, 0.25) is 0 Å². The molecule has 0 atom stereocenters. The van der Waals surface area contributed by atoms with Gasteiger partial charge in [-0.2, -0.15) is 0 Å². The summed E-state index contributed by atoms with van der Waals surface area (Å²) in [5, 5.41) is 1.91. The van der Waals surface area contributed by atoms with Gasteiger partial charge in [-0.25, -0.2) is 0 Å². The summed E-state index contributed by atoms with van der Waals surface area (Å²) in [6, 6.07) is 5.78. The van der Waals surface area contributed by atoms with Crippen molar-refractivity contribution >= 4 is 33.0 Å². The molecule has 0 bridgehead atoms. The molecule has 2 nitrogen and oxygen atoms in total. The Bertz CT molecular complexity index is 467. The summed E-state index contributed by atoms with van der Waals surface area (Å²) in [6.07, 6.45) is 4.14. The van der Waals surface area contributed by atoms with E-state index in [1.54, 1.807) is 12.4 Å². The van der Waals surface area contributed by atoms with E-state index in [-0.39, 0.29) is 0 Å². The lowest BCUT2D eigenvalue weighted by Gasteiger charge is -1.99. The van der Waals surface area contributed by atoms with E-state index in [0.717, 1.165) is 21.5 Å². The summed E-state index contributed by atoms with van der Waals surface area (Å²) in [4.78, 5) is 14.6. The molecular formula is C10H6BrNO. The third-order valence-electron chi connectivity index (χ3n) is 1.88. The molecule has 0 amide bonds. The van der Waals surface area contributed by atoms with Crippen molar-refractivity contribution in [2.75, 3.05) is 0 Å². The van der Waals surface area contributed by atoms with E-state index < -0.39 is 0 Å². The Labute approximate surface area is 83.7 Å². The van der Waals surface area contributed by atoms with Gasteiger partial charge in [0.1, 0.15) is 0 Å². The number of carbonyl (C=O) groups excluding carboxylic acids is 1. The highest BCUT2D eigenvalue weighted by atomic mass is 79.9. The van der Waals surface area contributed by atoms with Gasteiger partial charge in [0, 0.05) is 27.8 Å². The summed E-state index contributed by atoms with van der Waals surface area (Å²) >= 11 is 3.36. The van der Waals surface area contributed by atoms with E-state index in [0.29, 0.717) is 5.56 Å². The predicted molar refractivity (Wildman–Crippen MR) is 54.8 cm³/mol. The van der Waals surface area contributed by atoms with Gasteiger partial charge in [0.15, 0.2) is 6.29 Å². The highest BCUT2D eigenvalue weighted by Crippen LogP contribution is 2.20. The average Bonchev–Trinajstić information content (AvgIpc) is 2.17. The zero-order valence-electron chi connectivity index (χ0n) is 6.70. The number of rotatable bonds is 1.